The van der Waals surface area contributed by atoms with Crippen LogP contribution in [0.4, 0.5) is 0 Å². The van der Waals surface area contributed by atoms with Gasteiger partial charge in [0.05, 0.1) is 19.8 Å². The van der Waals surface area contributed by atoms with Gasteiger partial charge in [-0.1, -0.05) is 6.07 Å². The number of nitrogens with zero attached hydrogens (tertiary/aromatic N) is 1. The molecule has 1 aromatic heterocycles. The lowest BCUT2D eigenvalue weighted by atomic mass is 10.1. The van der Waals surface area contributed by atoms with Crippen LogP contribution in [0.25, 0.3) is 11.8 Å². The fraction of sp³-hybridized carbons (Fsp3) is 0.167. The van der Waals surface area contributed by atoms with Crippen LogP contribution in [0.2, 0.25) is 0 Å². The van der Waals surface area contributed by atoms with Crippen LogP contribution in [0.5, 0.6) is 5.75 Å². The molecule has 0 fully saturated rings. The van der Waals surface area contributed by atoms with E-state index in [1.54, 1.807) is 49.6 Å². The van der Waals surface area contributed by atoms with Crippen LogP contribution in [0, 0.1) is 13.8 Å². The molecule has 3 aromatic rings. The Labute approximate surface area is 170 Å². The first-order valence-corrected chi connectivity index (χ1v) is 9.18. The summed E-state index contributed by atoms with van der Waals surface area (Å²) in [6, 6.07) is 16.3. The van der Waals surface area contributed by atoms with Crippen LogP contribution < -0.4 is 4.74 Å². The maximum atomic E-state index is 12.5. The highest BCUT2D eigenvalue weighted by Crippen LogP contribution is 2.23. The maximum Gasteiger partial charge on any atom is 0.337 e. The fourth-order valence-corrected chi connectivity index (χ4v) is 3.26. The van der Waals surface area contributed by atoms with Crippen LogP contribution in [0.1, 0.15) is 37.7 Å². The molecule has 0 N–H and O–H groups in total. The molecule has 5 nitrogen and oxygen atoms in total. The smallest absolute Gasteiger partial charge is 0.337 e. The first-order chi connectivity index (χ1) is 13.9. The number of ketones is 1. The third-order valence-electron chi connectivity index (χ3n) is 4.78. The zero-order chi connectivity index (χ0) is 21.0. The highest BCUT2D eigenvalue weighted by atomic mass is 16.5. The first-order valence-electron chi connectivity index (χ1n) is 9.18. The van der Waals surface area contributed by atoms with Crippen molar-refractivity contribution in [2.45, 2.75) is 13.8 Å². The van der Waals surface area contributed by atoms with Gasteiger partial charge in [-0.25, -0.2) is 4.79 Å². The average molecular weight is 389 g/mol. The Morgan fingerprint density at radius 2 is 1.66 bits per heavy atom. The lowest BCUT2D eigenvalue weighted by Crippen LogP contribution is -2.04. The molecule has 0 atom stereocenters. The molecule has 0 radical (unpaired) electrons. The Kier molecular flexibility index (Phi) is 5.98. The zero-order valence-corrected chi connectivity index (χ0v) is 16.9. The van der Waals surface area contributed by atoms with E-state index in [-0.39, 0.29) is 11.8 Å². The molecule has 3 rings (SSSR count). The topological polar surface area (TPSA) is 57.5 Å². The number of hydrogen-bond donors (Lipinski definition) is 0. The molecule has 0 amide bonds. The highest BCUT2D eigenvalue weighted by molar-refractivity contribution is 6.06. The van der Waals surface area contributed by atoms with Gasteiger partial charge in [-0.2, -0.15) is 0 Å². The Morgan fingerprint density at radius 1 is 0.931 bits per heavy atom. The van der Waals surface area contributed by atoms with E-state index in [0.29, 0.717) is 16.9 Å². The summed E-state index contributed by atoms with van der Waals surface area (Å²) in [5, 5.41) is 0. The minimum atomic E-state index is -0.375. The summed E-state index contributed by atoms with van der Waals surface area (Å²) in [6.45, 7) is 3.97. The van der Waals surface area contributed by atoms with Crippen molar-refractivity contribution in [2.24, 2.45) is 0 Å². The number of benzene rings is 2. The number of aryl methyl sites for hydroxylation is 1. The normalized spacial score (nSPS) is 10.9. The number of rotatable bonds is 6. The number of hydrogen-bond acceptors (Lipinski definition) is 4. The summed E-state index contributed by atoms with van der Waals surface area (Å²) in [5.41, 5.74) is 4.87. The number of aromatic nitrogens is 1. The minimum absolute atomic E-state index is 0.0786. The second kappa shape index (κ2) is 8.61. The molecule has 0 aliphatic heterocycles. The third-order valence-corrected chi connectivity index (χ3v) is 4.78. The second-order valence-electron chi connectivity index (χ2n) is 6.63. The number of ether oxygens (including phenoxy) is 2. The summed E-state index contributed by atoms with van der Waals surface area (Å²) in [7, 11) is 2.96. The maximum absolute atomic E-state index is 12.5. The van der Waals surface area contributed by atoms with Crippen LogP contribution in [-0.4, -0.2) is 30.5 Å². The van der Waals surface area contributed by atoms with E-state index in [9.17, 15) is 9.59 Å². The summed E-state index contributed by atoms with van der Waals surface area (Å²) in [6.07, 6.45) is 3.38. The number of esters is 1. The molecule has 0 spiro atoms. The van der Waals surface area contributed by atoms with Gasteiger partial charge in [0.1, 0.15) is 5.75 Å². The van der Waals surface area contributed by atoms with E-state index >= 15 is 0 Å². The molecule has 5 heteroatoms. The highest BCUT2D eigenvalue weighted by Gasteiger charge is 2.12. The quantitative estimate of drug-likeness (QED) is 0.346. The number of allylic oxidation sites excluding steroid dienone is 1. The molecule has 1 heterocycles. The standard InChI is InChI=1S/C24H23NO4/c1-16-14-19(10-13-23(26)18-8-11-22(28-3)12-9-18)17(2)25(16)21-7-5-6-20(15-21)24(27)29-4/h5-15H,1-4H3/b13-10+. The van der Waals surface area contributed by atoms with Crippen molar-refractivity contribution < 1.29 is 19.1 Å². The number of methoxy groups -OCH3 is 2. The first kappa shape index (κ1) is 20.1. The van der Waals surface area contributed by atoms with E-state index in [1.807, 2.05) is 42.7 Å². The molecular formula is C24H23NO4. The second-order valence-corrected chi connectivity index (χ2v) is 6.63. The lowest BCUT2D eigenvalue weighted by Gasteiger charge is -2.11. The molecule has 0 saturated carbocycles. The van der Waals surface area contributed by atoms with Gasteiger partial charge in [0.15, 0.2) is 5.78 Å². The van der Waals surface area contributed by atoms with Gasteiger partial charge in [-0.05, 0) is 80.1 Å². The van der Waals surface area contributed by atoms with Crippen LogP contribution in [0.3, 0.4) is 0 Å². The monoisotopic (exact) mass is 389 g/mol. The van der Waals surface area contributed by atoms with Crippen molar-refractivity contribution in [1.82, 2.24) is 4.57 Å². The Morgan fingerprint density at radius 3 is 2.31 bits per heavy atom. The molecule has 29 heavy (non-hydrogen) atoms. The fourth-order valence-electron chi connectivity index (χ4n) is 3.26. The predicted molar refractivity (Wildman–Crippen MR) is 113 cm³/mol. The van der Waals surface area contributed by atoms with Crippen LogP contribution >= 0.6 is 0 Å². The van der Waals surface area contributed by atoms with E-state index in [1.165, 1.54) is 7.11 Å². The van der Waals surface area contributed by atoms with Crippen molar-refractivity contribution in [3.05, 3.63) is 88.8 Å². The van der Waals surface area contributed by atoms with Gasteiger partial charge in [-0.3, -0.25) is 4.79 Å². The van der Waals surface area contributed by atoms with Gasteiger partial charge in [0.25, 0.3) is 0 Å². The molecule has 0 bridgehead atoms. The van der Waals surface area contributed by atoms with Crippen LogP contribution in [-0.2, 0) is 4.74 Å². The van der Waals surface area contributed by atoms with Gasteiger partial charge in [-0.15, -0.1) is 0 Å². The van der Waals surface area contributed by atoms with E-state index in [4.69, 9.17) is 9.47 Å². The Hall–Kier alpha value is -3.60. The van der Waals surface area contributed by atoms with E-state index < -0.39 is 0 Å². The molecule has 0 aliphatic carbocycles. The third kappa shape index (κ3) is 4.29. The van der Waals surface area contributed by atoms with Crippen molar-refractivity contribution in [2.75, 3.05) is 14.2 Å². The van der Waals surface area contributed by atoms with Crippen molar-refractivity contribution in [1.29, 1.82) is 0 Å². The van der Waals surface area contributed by atoms with Gasteiger partial charge in [0.2, 0.25) is 0 Å². The molecular weight excluding hydrogens is 366 g/mol. The van der Waals surface area contributed by atoms with Gasteiger partial charge < -0.3 is 14.0 Å². The molecule has 0 saturated heterocycles. The summed E-state index contributed by atoms with van der Waals surface area (Å²) < 4.78 is 12.0. The Bertz CT molecular complexity index is 1070. The van der Waals surface area contributed by atoms with Gasteiger partial charge in [0, 0.05) is 22.6 Å². The largest absolute Gasteiger partial charge is 0.497 e. The molecule has 0 aliphatic rings. The average Bonchev–Trinajstić information content (AvgIpc) is 3.04. The zero-order valence-electron chi connectivity index (χ0n) is 16.9. The molecule has 148 valence electrons. The molecule has 2 aromatic carbocycles. The van der Waals surface area contributed by atoms with Crippen molar-refractivity contribution in [3.8, 4) is 11.4 Å². The minimum Gasteiger partial charge on any atom is -0.497 e. The summed E-state index contributed by atoms with van der Waals surface area (Å²) in [4.78, 5) is 24.3. The van der Waals surface area contributed by atoms with E-state index in [0.717, 1.165) is 22.6 Å². The summed E-state index contributed by atoms with van der Waals surface area (Å²) in [5.74, 6) is 0.257. The predicted octanol–water partition coefficient (Wildman–Crippen LogP) is 4.79. The van der Waals surface area contributed by atoms with Crippen molar-refractivity contribution >= 4 is 17.8 Å². The number of carbonyl (C=O) groups excluding carboxylic acids is 2. The SMILES string of the molecule is COC(=O)c1cccc(-n2c(C)cc(/C=C/C(=O)c3ccc(OC)cc3)c2C)c1. The lowest BCUT2D eigenvalue weighted by molar-refractivity contribution is 0.0600. The van der Waals surface area contributed by atoms with Gasteiger partial charge >= 0.3 is 5.97 Å². The summed E-state index contributed by atoms with van der Waals surface area (Å²) >= 11 is 0. The van der Waals surface area contributed by atoms with E-state index in [2.05, 4.69) is 0 Å². The Balaban J connectivity index is 1.88. The van der Waals surface area contributed by atoms with Crippen molar-refractivity contribution in [3.63, 3.8) is 0 Å². The molecule has 0 unspecified atom stereocenters. The van der Waals surface area contributed by atoms with Crippen LogP contribution in [0.15, 0.2) is 60.7 Å². The number of carbonyl (C=O) groups is 2.